The summed E-state index contributed by atoms with van der Waals surface area (Å²) >= 11 is 12.0. The summed E-state index contributed by atoms with van der Waals surface area (Å²) in [6.07, 6.45) is 2.40. The van der Waals surface area contributed by atoms with Crippen LogP contribution in [-0.4, -0.2) is 17.4 Å². The maximum atomic E-state index is 11.8. The fraction of sp³-hybridized carbons (Fsp3) is 0.231. The molecule has 1 amide bonds. The fourth-order valence-corrected chi connectivity index (χ4v) is 2.08. The Morgan fingerprint density at radius 2 is 2.11 bits per heavy atom. The van der Waals surface area contributed by atoms with Crippen molar-refractivity contribution in [3.63, 3.8) is 0 Å². The molecule has 0 spiro atoms. The molecule has 2 rings (SSSR count). The molecule has 0 radical (unpaired) electrons. The monoisotopic (exact) mass is 282 g/mol. The molecule has 0 atom stereocenters. The highest BCUT2D eigenvalue weighted by Gasteiger charge is 2.09. The Morgan fingerprint density at radius 3 is 2.83 bits per heavy atom. The van der Waals surface area contributed by atoms with Gasteiger partial charge in [-0.3, -0.25) is 4.79 Å². The summed E-state index contributed by atoms with van der Waals surface area (Å²) in [6.45, 7) is 2.65. The highest BCUT2D eigenvalue weighted by molar-refractivity contribution is 6.39. The molecule has 1 heterocycles. The van der Waals surface area contributed by atoms with Gasteiger partial charge in [0.15, 0.2) is 0 Å². The molecule has 18 heavy (non-hydrogen) atoms. The van der Waals surface area contributed by atoms with Gasteiger partial charge in [-0.1, -0.05) is 36.2 Å². The molecule has 0 aliphatic carbocycles. The summed E-state index contributed by atoms with van der Waals surface area (Å²) in [5.41, 5.74) is 0.557. The van der Waals surface area contributed by atoms with E-state index in [-0.39, 0.29) is 5.91 Å². The van der Waals surface area contributed by atoms with Gasteiger partial charge in [-0.05, 0) is 18.6 Å². The van der Waals surface area contributed by atoms with Crippen LogP contribution in [0.4, 0.5) is 0 Å². The molecule has 0 fully saturated rings. The molecule has 3 nitrogen and oxygen atoms in total. The molecule has 94 valence electrons. The van der Waals surface area contributed by atoms with E-state index in [1.54, 1.807) is 18.2 Å². The van der Waals surface area contributed by atoms with Crippen LogP contribution in [0.3, 0.4) is 0 Å². The van der Waals surface area contributed by atoms with Crippen molar-refractivity contribution in [2.75, 3.05) is 6.54 Å². The van der Waals surface area contributed by atoms with E-state index in [1.165, 1.54) is 6.20 Å². The zero-order valence-electron chi connectivity index (χ0n) is 9.84. The minimum atomic E-state index is -0.116. The van der Waals surface area contributed by atoms with Gasteiger partial charge in [0.2, 0.25) is 0 Å². The number of pyridine rings is 1. The quantitative estimate of drug-likeness (QED) is 0.873. The number of aromatic nitrogens is 1. The second kappa shape index (κ2) is 5.55. The molecule has 0 aliphatic rings. The maximum Gasteiger partial charge on any atom is 0.251 e. The molecular formula is C13H12Cl2N2O. The molecule has 0 unspecified atom stereocenters. The van der Waals surface area contributed by atoms with E-state index in [0.717, 1.165) is 11.8 Å². The number of hydrogen-bond donors (Lipinski definition) is 1. The van der Waals surface area contributed by atoms with Crippen LogP contribution in [-0.2, 0) is 0 Å². The van der Waals surface area contributed by atoms with Gasteiger partial charge in [0, 0.05) is 29.1 Å². The van der Waals surface area contributed by atoms with Crippen LogP contribution >= 0.6 is 23.2 Å². The lowest BCUT2D eigenvalue weighted by Crippen LogP contribution is -2.23. The Labute approximate surface area is 115 Å². The topological polar surface area (TPSA) is 42.0 Å². The number of fused-ring (bicyclic) bond motifs is 1. The normalized spacial score (nSPS) is 10.6. The highest BCUT2D eigenvalue weighted by atomic mass is 35.5. The van der Waals surface area contributed by atoms with E-state index in [9.17, 15) is 4.79 Å². The lowest BCUT2D eigenvalue weighted by atomic mass is 10.1. The summed E-state index contributed by atoms with van der Waals surface area (Å²) in [6, 6.07) is 5.23. The van der Waals surface area contributed by atoms with Gasteiger partial charge < -0.3 is 5.32 Å². The average molecular weight is 283 g/mol. The number of nitrogens with one attached hydrogen (secondary N) is 1. The SMILES string of the molecule is CCCNC(=O)c1ccc2c(Cl)cnc(Cl)c2c1. The first-order valence-electron chi connectivity index (χ1n) is 5.65. The summed E-state index contributed by atoms with van der Waals surface area (Å²) < 4.78 is 0. The van der Waals surface area contributed by atoms with E-state index in [1.807, 2.05) is 6.92 Å². The highest BCUT2D eigenvalue weighted by Crippen LogP contribution is 2.28. The number of carbonyl (C=O) groups is 1. The van der Waals surface area contributed by atoms with Crippen molar-refractivity contribution in [1.29, 1.82) is 0 Å². The summed E-state index contributed by atoms with van der Waals surface area (Å²) in [5.74, 6) is -0.116. The first-order chi connectivity index (χ1) is 8.63. The Kier molecular flexibility index (Phi) is 4.04. The number of hydrogen-bond acceptors (Lipinski definition) is 2. The lowest BCUT2D eigenvalue weighted by Gasteiger charge is -2.06. The van der Waals surface area contributed by atoms with Crippen LogP contribution < -0.4 is 5.32 Å². The van der Waals surface area contributed by atoms with Crippen molar-refractivity contribution < 1.29 is 4.79 Å². The molecular weight excluding hydrogens is 271 g/mol. The van der Waals surface area contributed by atoms with Crippen molar-refractivity contribution in [2.45, 2.75) is 13.3 Å². The third-order valence-corrected chi connectivity index (χ3v) is 3.19. The number of rotatable bonds is 3. The fourth-order valence-electron chi connectivity index (χ4n) is 1.66. The van der Waals surface area contributed by atoms with Crippen LogP contribution in [0, 0.1) is 0 Å². The third kappa shape index (κ3) is 2.57. The van der Waals surface area contributed by atoms with Gasteiger partial charge in [-0.15, -0.1) is 0 Å². The number of benzene rings is 1. The van der Waals surface area contributed by atoms with E-state index >= 15 is 0 Å². The Bertz CT molecular complexity index is 599. The largest absolute Gasteiger partial charge is 0.352 e. The zero-order valence-corrected chi connectivity index (χ0v) is 11.3. The molecule has 1 aromatic carbocycles. The van der Waals surface area contributed by atoms with Crippen LogP contribution in [0.1, 0.15) is 23.7 Å². The van der Waals surface area contributed by atoms with Gasteiger partial charge in [-0.25, -0.2) is 4.98 Å². The number of amides is 1. The third-order valence-electron chi connectivity index (χ3n) is 2.59. The average Bonchev–Trinajstić information content (AvgIpc) is 2.40. The molecule has 0 saturated carbocycles. The predicted molar refractivity (Wildman–Crippen MR) is 74.4 cm³/mol. The molecule has 0 bridgehead atoms. The molecule has 1 N–H and O–H groups in total. The number of carbonyl (C=O) groups excluding carboxylic acids is 1. The zero-order chi connectivity index (χ0) is 13.1. The molecule has 0 aliphatic heterocycles. The second-order valence-electron chi connectivity index (χ2n) is 3.91. The minimum absolute atomic E-state index is 0.116. The van der Waals surface area contributed by atoms with E-state index in [2.05, 4.69) is 10.3 Å². The van der Waals surface area contributed by atoms with Crippen LogP contribution in [0.15, 0.2) is 24.4 Å². The van der Waals surface area contributed by atoms with Crippen LogP contribution in [0.5, 0.6) is 0 Å². The van der Waals surface area contributed by atoms with Gasteiger partial charge in [0.1, 0.15) is 5.15 Å². The van der Waals surface area contributed by atoms with Crippen molar-refractivity contribution in [3.8, 4) is 0 Å². The standard InChI is InChI=1S/C13H12Cl2N2O/c1-2-5-16-13(18)8-3-4-9-10(6-8)12(15)17-7-11(9)14/h3-4,6-7H,2,5H2,1H3,(H,16,18). The summed E-state index contributed by atoms with van der Waals surface area (Å²) in [7, 11) is 0. The molecule has 1 aromatic heterocycles. The Morgan fingerprint density at radius 1 is 1.33 bits per heavy atom. The van der Waals surface area contributed by atoms with E-state index in [4.69, 9.17) is 23.2 Å². The van der Waals surface area contributed by atoms with Crippen LogP contribution in [0.2, 0.25) is 10.2 Å². The smallest absolute Gasteiger partial charge is 0.251 e. The summed E-state index contributed by atoms with van der Waals surface area (Å²) in [5, 5.41) is 5.17. The van der Waals surface area contributed by atoms with Gasteiger partial charge in [-0.2, -0.15) is 0 Å². The van der Waals surface area contributed by atoms with Gasteiger partial charge in [0.05, 0.1) is 5.02 Å². The number of halogens is 2. The maximum absolute atomic E-state index is 11.8. The van der Waals surface area contributed by atoms with Crippen molar-refractivity contribution >= 4 is 39.9 Å². The Hall–Kier alpha value is -1.32. The Balaban J connectivity index is 2.44. The molecule has 5 heteroatoms. The number of nitrogens with zero attached hydrogens (tertiary/aromatic N) is 1. The second-order valence-corrected chi connectivity index (χ2v) is 4.68. The first kappa shape index (κ1) is 13.1. The van der Waals surface area contributed by atoms with E-state index < -0.39 is 0 Å². The lowest BCUT2D eigenvalue weighted by molar-refractivity contribution is 0.0954. The van der Waals surface area contributed by atoms with Crippen molar-refractivity contribution in [1.82, 2.24) is 10.3 Å². The van der Waals surface area contributed by atoms with Crippen LogP contribution in [0.25, 0.3) is 10.8 Å². The van der Waals surface area contributed by atoms with Gasteiger partial charge in [0.25, 0.3) is 5.91 Å². The minimum Gasteiger partial charge on any atom is -0.352 e. The predicted octanol–water partition coefficient (Wildman–Crippen LogP) is 3.68. The summed E-state index contributed by atoms with van der Waals surface area (Å²) in [4.78, 5) is 15.8. The molecule has 0 saturated heterocycles. The first-order valence-corrected chi connectivity index (χ1v) is 6.41. The van der Waals surface area contributed by atoms with Crippen molar-refractivity contribution in [2.24, 2.45) is 0 Å². The van der Waals surface area contributed by atoms with Gasteiger partial charge >= 0.3 is 0 Å². The molecule has 2 aromatic rings. The van der Waals surface area contributed by atoms with E-state index in [0.29, 0.717) is 27.7 Å². The van der Waals surface area contributed by atoms with Crippen molar-refractivity contribution in [3.05, 3.63) is 40.1 Å².